The number of likely N-dealkylation sites (tertiary alicyclic amines) is 2. The van der Waals surface area contributed by atoms with Gasteiger partial charge in [0.05, 0.1) is 7.11 Å². The predicted octanol–water partition coefficient (Wildman–Crippen LogP) is 3.46. The first-order valence-corrected chi connectivity index (χ1v) is 17.0. The average molecular weight is 632 g/mol. The number of nitrogens with zero attached hydrogens (tertiary/aromatic N) is 5. The van der Waals surface area contributed by atoms with Gasteiger partial charge >= 0.3 is 12.1 Å². The molecule has 0 radical (unpaired) electrons. The number of piperazine rings is 1. The van der Waals surface area contributed by atoms with Crippen LogP contribution in [-0.4, -0.2) is 127 Å². The number of benzene rings is 2. The molecule has 0 spiro atoms. The van der Waals surface area contributed by atoms with Crippen molar-refractivity contribution in [2.45, 2.75) is 63.7 Å². The van der Waals surface area contributed by atoms with E-state index in [4.69, 9.17) is 4.74 Å². The van der Waals surface area contributed by atoms with Crippen LogP contribution in [0.5, 0.6) is 5.75 Å². The van der Waals surface area contributed by atoms with Crippen molar-refractivity contribution in [3.8, 4) is 5.75 Å². The summed E-state index contributed by atoms with van der Waals surface area (Å²) in [6.45, 7) is 10.3. The van der Waals surface area contributed by atoms with Crippen molar-refractivity contribution in [3.63, 3.8) is 0 Å². The van der Waals surface area contributed by atoms with Crippen LogP contribution in [0.2, 0.25) is 0 Å². The summed E-state index contributed by atoms with van der Waals surface area (Å²) in [5.41, 5.74) is 2.91. The lowest BCUT2D eigenvalue weighted by Gasteiger charge is -2.43. The van der Waals surface area contributed by atoms with Crippen molar-refractivity contribution < 1.29 is 19.1 Å². The number of amides is 5. The first kappa shape index (κ1) is 32.1. The first-order chi connectivity index (χ1) is 22.4. The molecule has 0 bridgehead atoms. The minimum absolute atomic E-state index is 0.0323. The van der Waals surface area contributed by atoms with Gasteiger partial charge in [0.15, 0.2) is 0 Å². The van der Waals surface area contributed by atoms with Crippen molar-refractivity contribution in [1.82, 2.24) is 29.8 Å². The van der Waals surface area contributed by atoms with Gasteiger partial charge in [-0.05, 0) is 74.6 Å². The minimum atomic E-state index is -0.680. The van der Waals surface area contributed by atoms with Crippen LogP contribution in [0.1, 0.15) is 43.7 Å². The van der Waals surface area contributed by atoms with Gasteiger partial charge in [-0.3, -0.25) is 9.69 Å². The zero-order valence-electron chi connectivity index (χ0n) is 27.3. The van der Waals surface area contributed by atoms with E-state index in [-0.39, 0.29) is 24.0 Å². The molecular formula is C35H49N7O4. The number of carbonyl (C=O) groups is 3. The minimum Gasteiger partial charge on any atom is -0.497 e. The van der Waals surface area contributed by atoms with E-state index in [2.05, 4.69) is 27.4 Å². The molecular weight excluding hydrogens is 582 g/mol. The highest BCUT2D eigenvalue weighted by Gasteiger charge is 2.35. The molecule has 11 heteroatoms. The second-order valence-corrected chi connectivity index (χ2v) is 13.0. The largest absolute Gasteiger partial charge is 0.497 e. The van der Waals surface area contributed by atoms with Gasteiger partial charge in [0.1, 0.15) is 11.8 Å². The number of para-hydroxylation sites is 1. The van der Waals surface area contributed by atoms with Crippen LogP contribution in [0.15, 0.2) is 48.5 Å². The Morgan fingerprint density at radius 3 is 2.33 bits per heavy atom. The van der Waals surface area contributed by atoms with E-state index in [9.17, 15) is 14.4 Å². The second kappa shape index (κ2) is 14.7. The molecule has 0 saturated carbocycles. The van der Waals surface area contributed by atoms with Gasteiger partial charge in [0.25, 0.3) is 0 Å². The Labute approximate surface area is 272 Å². The molecule has 248 valence electrons. The molecule has 3 fully saturated rings. The molecule has 0 aliphatic carbocycles. The summed E-state index contributed by atoms with van der Waals surface area (Å²) in [7, 11) is 1.63. The van der Waals surface area contributed by atoms with Crippen LogP contribution >= 0.6 is 0 Å². The number of ether oxygens (including phenoxy) is 1. The Bertz CT molecular complexity index is 1360. The first-order valence-electron chi connectivity index (χ1n) is 17.0. The number of hydrogen-bond acceptors (Lipinski definition) is 6. The third kappa shape index (κ3) is 7.41. The Morgan fingerprint density at radius 1 is 0.891 bits per heavy atom. The summed E-state index contributed by atoms with van der Waals surface area (Å²) in [6, 6.07) is 15.2. The summed E-state index contributed by atoms with van der Waals surface area (Å²) < 4.78 is 5.43. The van der Waals surface area contributed by atoms with Crippen LogP contribution in [0.4, 0.5) is 15.3 Å². The summed E-state index contributed by atoms with van der Waals surface area (Å²) in [6.07, 6.45) is 4.14. The maximum Gasteiger partial charge on any atom is 0.322 e. The average Bonchev–Trinajstić information content (AvgIpc) is 3.11. The number of carbonyl (C=O) groups excluding carboxylic acids is 3. The van der Waals surface area contributed by atoms with Crippen molar-refractivity contribution >= 4 is 23.7 Å². The van der Waals surface area contributed by atoms with Gasteiger partial charge in [-0.25, -0.2) is 9.59 Å². The molecule has 0 aromatic heterocycles. The number of fused-ring (bicyclic) bond motifs is 1. The van der Waals surface area contributed by atoms with Crippen LogP contribution in [0, 0.1) is 0 Å². The fourth-order valence-electron chi connectivity index (χ4n) is 7.50. The van der Waals surface area contributed by atoms with Gasteiger partial charge in [0.2, 0.25) is 5.91 Å². The topological polar surface area (TPSA) is 101 Å². The standard InChI is InChI=1S/C35H49N7O4/c1-3-38-15-11-28(12-16-38)39-19-21-40(22-20-39)33(43)32(24-26-7-6-9-30(23-26)46-2)37-34(44)41-17-13-29(14-18-41)42-25-27-8-4-5-10-31(27)36-35(42)45/h4-10,23,28-29,32H,3,11-22,24-25H2,1-2H3,(H,36,45)(H,37,44). The highest BCUT2D eigenvalue weighted by atomic mass is 16.5. The molecule has 4 heterocycles. The van der Waals surface area contributed by atoms with E-state index < -0.39 is 6.04 Å². The lowest BCUT2D eigenvalue weighted by atomic mass is 10.0. The van der Waals surface area contributed by atoms with E-state index >= 15 is 0 Å². The Kier molecular flexibility index (Phi) is 10.3. The van der Waals surface area contributed by atoms with E-state index in [1.54, 1.807) is 12.0 Å². The Morgan fingerprint density at radius 2 is 1.61 bits per heavy atom. The number of anilines is 1. The molecule has 1 unspecified atom stereocenters. The molecule has 1 atom stereocenters. The Balaban J connectivity index is 1.06. The van der Waals surface area contributed by atoms with Gasteiger partial charge in [-0.2, -0.15) is 0 Å². The lowest BCUT2D eigenvalue weighted by molar-refractivity contribution is -0.135. The third-order valence-corrected chi connectivity index (χ3v) is 10.4. The lowest BCUT2D eigenvalue weighted by Crippen LogP contribution is -2.59. The summed E-state index contributed by atoms with van der Waals surface area (Å²) in [4.78, 5) is 51.2. The number of piperidine rings is 2. The summed E-state index contributed by atoms with van der Waals surface area (Å²) in [5, 5.41) is 6.12. The van der Waals surface area contributed by atoms with Crippen LogP contribution in [-0.2, 0) is 17.8 Å². The van der Waals surface area contributed by atoms with Gasteiger partial charge in [-0.1, -0.05) is 37.3 Å². The highest BCUT2D eigenvalue weighted by molar-refractivity contribution is 5.92. The number of methoxy groups -OCH3 is 1. The van der Waals surface area contributed by atoms with E-state index in [1.807, 2.05) is 58.3 Å². The van der Waals surface area contributed by atoms with Gasteiger partial charge in [-0.15, -0.1) is 0 Å². The smallest absolute Gasteiger partial charge is 0.322 e. The number of urea groups is 2. The Hall–Kier alpha value is -3.83. The maximum atomic E-state index is 14.0. The van der Waals surface area contributed by atoms with E-state index in [0.717, 1.165) is 55.3 Å². The maximum absolute atomic E-state index is 14.0. The fourth-order valence-corrected chi connectivity index (χ4v) is 7.50. The quantitative estimate of drug-likeness (QED) is 0.463. The van der Waals surface area contributed by atoms with Crippen LogP contribution in [0.3, 0.4) is 0 Å². The zero-order valence-corrected chi connectivity index (χ0v) is 27.3. The van der Waals surface area contributed by atoms with E-state index in [0.29, 0.717) is 58.0 Å². The van der Waals surface area contributed by atoms with Crippen LogP contribution < -0.4 is 15.4 Å². The molecule has 11 nitrogen and oxygen atoms in total. The van der Waals surface area contributed by atoms with Gasteiger partial charge in [0, 0.05) is 70.0 Å². The molecule has 6 rings (SSSR count). The molecule has 46 heavy (non-hydrogen) atoms. The van der Waals surface area contributed by atoms with Crippen molar-refractivity contribution in [2.24, 2.45) is 0 Å². The number of nitrogens with one attached hydrogen (secondary N) is 2. The van der Waals surface area contributed by atoms with Crippen LogP contribution in [0.25, 0.3) is 0 Å². The molecule has 5 amide bonds. The summed E-state index contributed by atoms with van der Waals surface area (Å²) >= 11 is 0. The fraction of sp³-hybridized carbons (Fsp3) is 0.571. The molecule has 4 aliphatic rings. The third-order valence-electron chi connectivity index (χ3n) is 10.4. The van der Waals surface area contributed by atoms with Crippen molar-refractivity contribution in [1.29, 1.82) is 0 Å². The SMILES string of the molecule is CCN1CCC(N2CCN(C(=O)C(Cc3cccc(OC)c3)NC(=O)N3CCC(N4Cc5ccccc5NC4=O)CC3)CC2)CC1. The molecule has 2 aromatic carbocycles. The van der Waals surface area contributed by atoms with Gasteiger partial charge < -0.3 is 35.0 Å². The summed E-state index contributed by atoms with van der Waals surface area (Å²) in [5.74, 6) is 0.694. The second-order valence-electron chi connectivity index (χ2n) is 13.0. The van der Waals surface area contributed by atoms with Crippen molar-refractivity contribution in [3.05, 3.63) is 59.7 Å². The zero-order chi connectivity index (χ0) is 32.0. The molecule has 2 N–H and O–H groups in total. The number of hydrogen-bond donors (Lipinski definition) is 2. The highest BCUT2D eigenvalue weighted by Crippen LogP contribution is 2.28. The monoisotopic (exact) mass is 631 g/mol. The molecule has 2 aromatic rings. The number of rotatable bonds is 8. The van der Waals surface area contributed by atoms with E-state index in [1.165, 1.54) is 12.8 Å². The molecule has 3 saturated heterocycles. The molecule has 4 aliphatic heterocycles. The van der Waals surface area contributed by atoms with Crippen molar-refractivity contribution in [2.75, 3.05) is 71.3 Å². The predicted molar refractivity (Wildman–Crippen MR) is 178 cm³/mol. The normalized spacial score (nSPS) is 21.0.